The van der Waals surface area contributed by atoms with Crippen LogP contribution in [0.5, 0.6) is 0 Å². The summed E-state index contributed by atoms with van der Waals surface area (Å²) >= 11 is 0. The van der Waals surface area contributed by atoms with Crippen molar-refractivity contribution in [3.8, 4) is 0 Å². The lowest BCUT2D eigenvalue weighted by Crippen LogP contribution is -2.34. The van der Waals surface area contributed by atoms with Crippen molar-refractivity contribution >= 4 is 0 Å². The van der Waals surface area contributed by atoms with Crippen molar-refractivity contribution < 1.29 is 4.39 Å². The van der Waals surface area contributed by atoms with Gasteiger partial charge in [0.05, 0.1) is 0 Å². The zero-order valence-corrected chi connectivity index (χ0v) is 8.68. The molecule has 1 heterocycles. The van der Waals surface area contributed by atoms with Crippen LogP contribution in [0.2, 0.25) is 0 Å². The summed E-state index contributed by atoms with van der Waals surface area (Å²) in [6.07, 6.45) is 1.93. The van der Waals surface area contributed by atoms with Gasteiger partial charge >= 0.3 is 0 Å². The summed E-state index contributed by atoms with van der Waals surface area (Å²) in [5.74, 6) is -0.120. The summed E-state index contributed by atoms with van der Waals surface area (Å²) in [5.41, 5.74) is 2.45. The summed E-state index contributed by atoms with van der Waals surface area (Å²) in [5, 5.41) is 3.49. The van der Waals surface area contributed by atoms with E-state index >= 15 is 0 Å². The Balaban J connectivity index is 2.36. The minimum absolute atomic E-state index is 0.120. The molecule has 0 saturated heterocycles. The van der Waals surface area contributed by atoms with Gasteiger partial charge in [-0.3, -0.25) is 0 Å². The molecule has 1 aromatic carbocycles. The van der Waals surface area contributed by atoms with Crippen molar-refractivity contribution in [1.29, 1.82) is 0 Å². The molecule has 2 atom stereocenters. The first-order valence-electron chi connectivity index (χ1n) is 5.18. The predicted octanol–water partition coefficient (Wildman–Crippen LogP) is 2.29. The normalized spacial score (nSPS) is 26.8. The highest BCUT2D eigenvalue weighted by molar-refractivity contribution is 5.30. The number of benzene rings is 1. The van der Waals surface area contributed by atoms with E-state index < -0.39 is 0 Å². The first-order valence-corrected chi connectivity index (χ1v) is 5.18. The fraction of sp³-hybridized carbons (Fsp3) is 0.500. The third-order valence-electron chi connectivity index (χ3n) is 2.79. The second-order valence-corrected chi connectivity index (χ2v) is 4.29. The standard InChI is InChI=1S/C12H16FN/c1-8-5-10-3-4-12(13)7-11(10)6-9(2)14-8/h3-4,7-9,14H,5-6H2,1-2H3. The molecular formula is C12H16FN. The first kappa shape index (κ1) is 9.66. The van der Waals surface area contributed by atoms with Crippen molar-refractivity contribution in [2.24, 2.45) is 0 Å². The second-order valence-electron chi connectivity index (χ2n) is 4.29. The van der Waals surface area contributed by atoms with Crippen molar-refractivity contribution in [1.82, 2.24) is 5.32 Å². The highest BCUT2D eigenvalue weighted by Crippen LogP contribution is 2.18. The van der Waals surface area contributed by atoms with Gasteiger partial charge in [-0.25, -0.2) is 4.39 Å². The van der Waals surface area contributed by atoms with Crippen LogP contribution in [0.25, 0.3) is 0 Å². The van der Waals surface area contributed by atoms with E-state index in [1.165, 1.54) is 5.56 Å². The molecule has 1 aliphatic rings. The summed E-state index contributed by atoms with van der Waals surface area (Å²) in [7, 11) is 0. The highest BCUT2D eigenvalue weighted by atomic mass is 19.1. The molecule has 0 spiro atoms. The van der Waals surface area contributed by atoms with Crippen LogP contribution in [-0.2, 0) is 12.8 Å². The number of nitrogens with one attached hydrogen (secondary N) is 1. The Labute approximate surface area is 84.3 Å². The molecular weight excluding hydrogens is 177 g/mol. The molecule has 2 unspecified atom stereocenters. The Kier molecular flexibility index (Phi) is 2.55. The Morgan fingerprint density at radius 1 is 1.14 bits per heavy atom. The van der Waals surface area contributed by atoms with Gasteiger partial charge in [-0.05, 0) is 49.9 Å². The topological polar surface area (TPSA) is 12.0 Å². The molecule has 0 aliphatic carbocycles. The van der Waals surface area contributed by atoms with Crippen molar-refractivity contribution in [2.45, 2.75) is 38.8 Å². The molecule has 2 heteroatoms. The molecule has 1 aromatic rings. The van der Waals surface area contributed by atoms with E-state index in [0.29, 0.717) is 12.1 Å². The van der Waals surface area contributed by atoms with Gasteiger partial charge in [0.2, 0.25) is 0 Å². The quantitative estimate of drug-likeness (QED) is 0.666. The lowest BCUT2D eigenvalue weighted by atomic mass is 10.00. The van der Waals surface area contributed by atoms with E-state index in [1.54, 1.807) is 12.1 Å². The molecule has 0 fully saturated rings. The van der Waals surface area contributed by atoms with Gasteiger partial charge in [-0.2, -0.15) is 0 Å². The summed E-state index contributed by atoms with van der Waals surface area (Å²) < 4.78 is 13.0. The van der Waals surface area contributed by atoms with Crippen LogP contribution in [0.15, 0.2) is 18.2 Å². The molecule has 1 nitrogen and oxygen atoms in total. The van der Waals surface area contributed by atoms with Gasteiger partial charge in [0.25, 0.3) is 0 Å². The number of halogens is 1. The third kappa shape index (κ3) is 1.95. The maximum Gasteiger partial charge on any atom is 0.123 e. The van der Waals surface area contributed by atoms with E-state index in [2.05, 4.69) is 19.2 Å². The average molecular weight is 193 g/mol. The van der Waals surface area contributed by atoms with Crippen LogP contribution >= 0.6 is 0 Å². The molecule has 14 heavy (non-hydrogen) atoms. The molecule has 1 N–H and O–H groups in total. The lowest BCUT2D eigenvalue weighted by molar-refractivity contribution is 0.480. The Morgan fingerprint density at radius 3 is 2.50 bits per heavy atom. The fourth-order valence-corrected chi connectivity index (χ4v) is 2.25. The Hall–Kier alpha value is -0.890. The van der Waals surface area contributed by atoms with Crippen LogP contribution < -0.4 is 5.32 Å². The maximum atomic E-state index is 13.0. The van der Waals surface area contributed by atoms with Crippen molar-refractivity contribution in [3.63, 3.8) is 0 Å². The van der Waals surface area contributed by atoms with Crippen molar-refractivity contribution in [3.05, 3.63) is 35.1 Å². The molecule has 0 amide bonds. The van der Waals surface area contributed by atoms with Gasteiger partial charge in [-0.15, -0.1) is 0 Å². The summed E-state index contributed by atoms with van der Waals surface area (Å²) in [6.45, 7) is 4.32. The molecule has 2 rings (SSSR count). The molecule has 1 aliphatic heterocycles. The largest absolute Gasteiger partial charge is 0.311 e. The van der Waals surface area contributed by atoms with Gasteiger partial charge < -0.3 is 5.32 Å². The van der Waals surface area contributed by atoms with E-state index in [-0.39, 0.29) is 5.82 Å². The zero-order chi connectivity index (χ0) is 10.1. The lowest BCUT2D eigenvalue weighted by Gasteiger charge is -2.14. The van der Waals surface area contributed by atoms with Crippen LogP contribution in [0.1, 0.15) is 25.0 Å². The van der Waals surface area contributed by atoms with Crippen molar-refractivity contribution in [2.75, 3.05) is 0 Å². The van der Waals surface area contributed by atoms with Gasteiger partial charge in [0.15, 0.2) is 0 Å². The van der Waals surface area contributed by atoms with E-state index in [0.717, 1.165) is 18.4 Å². The fourth-order valence-electron chi connectivity index (χ4n) is 2.25. The third-order valence-corrected chi connectivity index (χ3v) is 2.79. The maximum absolute atomic E-state index is 13.0. The van der Waals surface area contributed by atoms with Crippen LogP contribution in [0.3, 0.4) is 0 Å². The molecule has 0 aromatic heterocycles. The summed E-state index contributed by atoms with van der Waals surface area (Å²) in [4.78, 5) is 0. The van der Waals surface area contributed by atoms with Crippen LogP contribution in [-0.4, -0.2) is 12.1 Å². The number of rotatable bonds is 0. The minimum Gasteiger partial charge on any atom is -0.311 e. The van der Waals surface area contributed by atoms with E-state index in [9.17, 15) is 4.39 Å². The SMILES string of the molecule is CC1Cc2ccc(F)cc2CC(C)N1. The molecule has 76 valence electrons. The van der Waals surface area contributed by atoms with Gasteiger partial charge in [0.1, 0.15) is 5.82 Å². The number of fused-ring (bicyclic) bond motifs is 1. The summed E-state index contributed by atoms with van der Waals surface area (Å²) in [6, 6.07) is 6.07. The Morgan fingerprint density at radius 2 is 1.79 bits per heavy atom. The number of hydrogen-bond acceptors (Lipinski definition) is 1. The van der Waals surface area contributed by atoms with E-state index in [1.807, 2.05) is 6.07 Å². The van der Waals surface area contributed by atoms with E-state index in [4.69, 9.17) is 0 Å². The highest BCUT2D eigenvalue weighted by Gasteiger charge is 2.17. The Bertz CT molecular complexity index is 335. The molecule has 0 radical (unpaired) electrons. The molecule has 0 saturated carbocycles. The monoisotopic (exact) mass is 193 g/mol. The first-order chi connectivity index (χ1) is 6.65. The van der Waals surface area contributed by atoms with Crippen LogP contribution in [0, 0.1) is 5.82 Å². The molecule has 0 bridgehead atoms. The minimum atomic E-state index is -0.120. The number of hydrogen-bond donors (Lipinski definition) is 1. The van der Waals surface area contributed by atoms with Gasteiger partial charge in [0, 0.05) is 12.1 Å². The smallest absolute Gasteiger partial charge is 0.123 e. The van der Waals surface area contributed by atoms with Gasteiger partial charge in [-0.1, -0.05) is 6.07 Å². The average Bonchev–Trinajstić information content (AvgIpc) is 2.21. The zero-order valence-electron chi connectivity index (χ0n) is 8.68. The second kappa shape index (κ2) is 3.70. The van der Waals surface area contributed by atoms with Crippen LogP contribution in [0.4, 0.5) is 4.39 Å². The predicted molar refractivity (Wildman–Crippen MR) is 55.9 cm³/mol.